The highest BCUT2D eigenvalue weighted by Crippen LogP contribution is 2.40. The molecule has 98 valence electrons. The molecule has 3 heteroatoms. The number of ether oxygens (including phenoxy) is 1. The Morgan fingerprint density at radius 2 is 1.89 bits per heavy atom. The number of nitrogens with zero attached hydrogens (tertiary/aromatic N) is 1. The van der Waals surface area contributed by atoms with E-state index >= 15 is 0 Å². The Balaban J connectivity index is 2.00. The molecule has 0 amide bonds. The fourth-order valence-electron chi connectivity index (χ4n) is 2.63. The van der Waals surface area contributed by atoms with Gasteiger partial charge in [0, 0.05) is 0 Å². The first-order valence-corrected chi connectivity index (χ1v) is 6.60. The van der Waals surface area contributed by atoms with Gasteiger partial charge in [-0.1, -0.05) is 36.4 Å². The molecule has 1 atom stereocenters. The van der Waals surface area contributed by atoms with Crippen LogP contribution in [0.1, 0.15) is 18.5 Å². The van der Waals surface area contributed by atoms with E-state index < -0.39 is 0 Å². The number of nitrogens with two attached hydrogens (primary N) is 1. The van der Waals surface area contributed by atoms with Crippen molar-refractivity contribution in [1.82, 2.24) is 0 Å². The highest BCUT2D eigenvalue weighted by molar-refractivity contribution is 5.76. The number of fused-ring (bicyclic) bond motifs is 1. The predicted octanol–water partition coefficient (Wildman–Crippen LogP) is 3.23. The second-order valence-corrected chi connectivity index (χ2v) is 4.82. The minimum absolute atomic E-state index is 0.286. The van der Waals surface area contributed by atoms with E-state index in [0.29, 0.717) is 6.61 Å². The van der Waals surface area contributed by atoms with Crippen molar-refractivity contribution >= 4 is 11.4 Å². The number of benzene rings is 2. The molecule has 0 saturated heterocycles. The summed E-state index contributed by atoms with van der Waals surface area (Å²) in [7, 11) is 0. The zero-order chi connectivity index (χ0) is 13.2. The summed E-state index contributed by atoms with van der Waals surface area (Å²) in [6, 6.07) is 16.6. The number of nitrogen functional groups attached to an aromatic ring is 1. The predicted molar refractivity (Wildman–Crippen MR) is 78.6 cm³/mol. The first kappa shape index (κ1) is 11.9. The maximum Gasteiger partial charge on any atom is 0.144 e. The normalized spacial score (nSPS) is 15.5. The molecule has 19 heavy (non-hydrogen) atoms. The highest BCUT2D eigenvalue weighted by atomic mass is 16.5. The molecule has 2 aromatic rings. The molecule has 0 radical (unpaired) electrons. The number of hydrogen-bond donors (Lipinski definition) is 1. The smallest absolute Gasteiger partial charge is 0.144 e. The average molecular weight is 254 g/mol. The lowest BCUT2D eigenvalue weighted by molar-refractivity contribution is 0.302. The summed E-state index contributed by atoms with van der Waals surface area (Å²) in [4.78, 5) is 2.32. The Labute approximate surface area is 113 Å². The molecule has 0 aliphatic carbocycles. The number of para-hydroxylation sites is 1. The first-order valence-electron chi connectivity index (χ1n) is 6.60. The van der Waals surface area contributed by atoms with E-state index in [9.17, 15) is 0 Å². The van der Waals surface area contributed by atoms with Crippen LogP contribution in [0.2, 0.25) is 0 Å². The van der Waals surface area contributed by atoms with Gasteiger partial charge in [0.05, 0.1) is 18.3 Å². The third-order valence-corrected chi connectivity index (χ3v) is 3.66. The molecule has 2 N–H and O–H groups in total. The van der Waals surface area contributed by atoms with Gasteiger partial charge in [-0.05, 0) is 24.6 Å². The SMILES string of the molecule is CC(c1ccccc1)N1CCOc2cccc(N)c21. The van der Waals surface area contributed by atoms with Crippen molar-refractivity contribution in [3.8, 4) is 5.75 Å². The van der Waals surface area contributed by atoms with Crippen LogP contribution in [-0.4, -0.2) is 13.2 Å². The van der Waals surface area contributed by atoms with Crippen LogP contribution in [0, 0.1) is 0 Å². The summed E-state index contributed by atoms with van der Waals surface area (Å²) in [5.74, 6) is 0.883. The van der Waals surface area contributed by atoms with Gasteiger partial charge in [0.15, 0.2) is 0 Å². The first-order chi connectivity index (χ1) is 9.27. The summed E-state index contributed by atoms with van der Waals surface area (Å²) >= 11 is 0. The fourth-order valence-corrected chi connectivity index (χ4v) is 2.63. The second kappa shape index (κ2) is 4.84. The lowest BCUT2D eigenvalue weighted by atomic mass is 10.0. The third kappa shape index (κ3) is 2.12. The van der Waals surface area contributed by atoms with Gasteiger partial charge in [-0.15, -0.1) is 0 Å². The summed E-state index contributed by atoms with van der Waals surface area (Å²) in [6.07, 6.45) is 0. The largest absolute Gasteiger partial charge is 0.489 e. The molecule has 1 heterocycles. The Bertz CT molecular complexity index is 568. The van der Waals surface area contributed by atoms with Gasteiger partial charge >= 0.3 is 0 Å². The van der Waals surface area contributed by atoms with E-state index in [1.807, 2.05) is 24.3 Å². The Morgan fingerprint density at radius 3 is 2.68 bits per heavy atom. The van der Waals surface area contributed by atoms with Crippen LogP contribution >= 0.6 is 0 Å². The van der Waals surface area contributed by atoms with Gasteiger partial charge in [0.1, 0.15) is 18.0 Å². The van der Waals surface area contributed by atoms with Crippen molar-refractivity contribution < 1.29 is 4.74 Å². The van der Waals surface area contributed by atoms with Gasteiger partial charge in [-0.3, -0.25) is 0 Å². The third-order valence-electron chi connectivity index (χ3n) is 3.66. The van der Waals surface area contributed by atoms with Crippen molar-refractivity contribution in [3.63, 3.8) is 0 Å². The van der Waals surface area contributed by atoms with Crippen molar-refractivity contribution in [2.75, 3.05) is 23.8 Å². The van der Waals surface area contributed by atoms with E-state index in [-0.39, 0.29) is 6.04 Å². The van der Waals surface area contributed by atoms with Gasteiger partial charge < -0.3 is 15.4 Å². The molecule has 3 nitrogen and oxygen atoms in total. The maximum absolute atomic E-state index is 6.13. The minimum atomic E-state index is 0.286. The zero-order valence-electron chi connectivity index (χ0n) is 11.0. The van der Waals surface area contributed by atoms with Crippen molar-refractivity contribution in [2.45, 2.75) is 13.0 Å². The van der Waals surface area contributed by atoms with E-state index in [2.05, 4.69) is 36.1 Å². The van der Waals surface area contributed by atoms with E-state index in [0.717, 1.165) is 23.7 Å². The molecular weight excluding hydrogens is 236 g/mol. The molecule has 0 aromatic heterocycles. The van der Waals surface area contributed by atoms with Crippen LogP contribution < -0.4 is 15.4 Å². The van der Waals surface area contributed by atoms with Crippen LogP contribution in [0.3, 0.4) is 0 Å². The average Bonchev–Trinajstić information content (AvgIpc) is 2.47. The van der Waals surface area contributed by atoms with E-state index in [1.165, 1.54) is 5.56 Å². The lowest BCUT2D eigenvalue weighted by Gasteiger charge is -2.37. The molecule has 0 spiro atoms. The van der Waals surface area contributed by atoms with Crippen LogP contribution in [0.25, 0.3) is 0 Å². The molecule has 1 unspecified atom stereocenters. The van der Waals surface area contributed by atoms with Gasteiger partial charge in [-0.25, -0.2) is 0 Å². The molecule has 0 saturated carbocycles. The molecule has 0 fully saturated rings. The van der Waals surface area contributed by atoms with Crippen molar-refractivity contribution in [1.29, 1.82) is 0 Å². The van der Waals surface area contributed by atoms with Crippen molar-refractivity contribution in [2.24, 2.45) is 0 Å². The molecule has 3 rings (SSSR count). The van der Waals surface area contributed by atoms with Crippen LogP contribution in [0.4, 0.5) is 11.4 Å². The molecule has 1 aliphatic rings. The quantitative estimate of drug-likeness (QED) is 0.836. The van der Waals surface area contributed by atoms with Crippen LogP contribution in [-0.2, 0) is 0 Å². The summed E-state index contributed by atoms with van der Waals surface area (Å²) in [5, 5.41) is 0. The van der Waals surface area contributed by atoms with Gasteiger partial charge in [0.2, 0.25) is 0 Å². The highest BCUT2D eigenvalue weighted by Gasteiger charge is 2.25. The Kier molecular flexibility index (Phi) is 3.03. The second-order valence-electron chi connectivity index (χ2n) is 4.82. The number of hydrogen-bond acceptors (Lipinski definition) is 3. The number of anilines is 2. The minimum Gasteiger partial charge on any atom is -0.489 e. The Hall–Kier alpha value is -2.16. The summed E-state index contributed by atoms with van der Waals surface area (Å²) in [5.41, 5.74) is 9.21. The topological polar surface area (TPSA) is 38.5 Å². The molecular formula is C16H18N2O. The monoisotopic (exact) mass is 254 g/mol. The Morgan fingerprint density at radius 1 is 1.11 bits per heavy atom. The van der Waals surface area contributed by atoms with Gasteiger partial charge in [0.25, 0.3) is 0 Å². The van der Waals surface area contributed by atoms with E-state index in [4.69, 9.17) is 10.5 Å². The zero-order valence-corrected chi connectivity index (χ0v) is 11.0. The van der Waals surface area contributed by atoms with Crippen LogP contribution in [0.5, 0.6) is 5.75 Å². The van der Waals surface area contributed by atoms with E-state index in [1.54, 1.807) is 0 Å². The summed E-state index contributed by atoms with van der Waals surface area (Å²) in [6.45, 7) is 3.77. The molecule has 1 aliphatic heterocycles. The fraction of sp³-hybridized carbons (Fsp3) is 0.250. The van der Waals surface area contributed by atoms with Gasteiger partial charge in [-0.2, -0.15) is 0 Å². The number of rotatable bonds is 2. The van der Waals surface area contributed by atoms with Crippen molar-refractivity contribution in [3.05, 3.63) is 54.1 Å². The maximum atomic E-state index is 6.13. The van der Waals surface area contributed by atoms with Crippen LogP contribution in [0.15, 0.2) is 48.5 Å². The lowest BCUT2D eigenvalue weighted by Crippen LogP contribution is -2.35. The standard InChI is InChI=1S/C16H18N2O/c1-12(13-6-3-2-4-7-13)18-10-11-19-15-9-5-8-14(17)16(15)18/h2-9,12H,10-11,17H2,1H3. The molecule has 2 aromatic carbocycles. The summed E-state index contributed by atoms with van der Waals surface area (Å²) < 4.78 is 5.70. The molecule has 0 bridgehead atoms.